The summed E-state index contributed by atoms with van der Waals surface area (Å²) in [6.45, 7) is 0. The Labute approximate surface area is 177 Å². The first-order chi connectivity index (χ1) is 14.3. The maximum Gasteiger partial charge on any atom is 0.207 e. The van der Waals surface area contributed by atoms with E-state index >= 15 is 0 Å². The summed E-state index contributed by atoms with van der Waals surface area (Å²) in [6.07, 6.45) is 0.854. The van der Waals surface area contributed by atoms with Crippen LogP contribution in [0.25, 0.3) is 11.3 Å². The van der Waals surface area contributed by atoms with Crippen molar-refractivity contribution < 1.29 is 4.74 Å². The second kappa shape index (κ2) is 7.81. The standard InChI is InChI=1S/C23H19N3OS2/c1-27-18-11-9-17(10-12-18)21-14-19(22-8-5-13-28-22)25-26(21)23-24-20(15-29-23)16-6-3-2-4-7-16/h2-13,15,21H,14H2,1H3/t21-/m0/s1. The molecular formula is C23H19N3OS2. The molecule has 2 aromatic carbocycles. The molecule has 0 saturated heterocycles. The van der Waals surface area contributed by atoms with Crippen molar-refractivity contribution in [3.05, 3.63) is 87.9 Å². The van der Waals surface area contributed by atoms with Crippen molar-refractivity contribution in [3.63, 3.8) is 0 Å². The van der Waals surface area contributed by atoms with Crippen LogP contribution >= 0.6 is 22.7 Å². The number of aromatic nitrogens is 1. The fourth-order valence-electron chi connectivity index (χ4n) is 3.48. The summed E-state index contributed by atoms with van der Waals surface area (Å²) in [6, 6.07) is 22.9. The van der Waals surface area contributed by atoms with Gasteiger partial charge in [-0.2, -0.15) is 5.10 Å². The van der Waals surface area contributed by atoms with Crippen molar-refractivity contribution in [2.24, 2.45) is 5.10 Å². The van der Waals surface area contributed by atoms with Crippen LogP contribution in [0.4, 0.5) is 5.13 Å². The molecule has 1 aliphatic heterocycles. The van der Waals surface area contributed by atoms with E-state index in [2.05, 4.69) is 52.2 Å². The summed E-state index contributed by atoms with van der Waals surface area (Å²) in [4.78, 5) is 6.12. The van der Waals surface area contributed by atoms with Crippen LogP contribution < -0.4 is 9.75 Å². The third-order valence-corrected chi connectivity index (χ3v) is 6.72. The van der Waals surface area contributed by atoms with E-state index in [1.807, 2.05) is 30.3 Å². The van der Waals surface area contributed by atoms with Crippen LogP contribution in [0, 0.1) is 0 Å². The van der Waals surface area contributed by atoms with Gasteiger partial charge in [0.2, 0.25) is 5.13 Å². The Morgan fingerprint density at radius 1 is 0.966 bits per heavy atom. The molecule has 0 amide bonds. The average Bonchev–Trinajstić information content (AvgIpc) is 3.54. The first kappa shape index (κ1) is 18.1. The second-order valence-corrected chi connectivity index (χ2v) is 8.53. The third-order valence-electron chi connectivity index (χ3n) is 4.97. The summed E-state index contributed by atoms with van der Waals surface area (Å²) in [5.41, 5.74) is 4.42. The molecular weight excluding hydrogens is 398 g/mol. The molecule has 0 aliphatic carbocycles. The number of anilines is 1. The van der Waals surface area contributed by atoms with Crippen LogP contribution in [0.2, 0.25) is 0 Å². The fourth-order valence-corrected chi connectivity index (χ4v) is 5.03. The number of ether oxygens (including phenoxy) is 1. The minimum atomic E-state index is 0.118. The Kier molecular flexibility index (Phi) is 4.87. The Bertz CT molecular complexity index is 1120. The van der Waals surface area contributed by atoms with Crippen LogP contribution in [0.5, 0.6) is 5.75 Å². The van der Waals surface area contributed by atoms with Gasteiger partial charge in [0, 0.05) is 17.4 Å². The van der Waals surface area contributed by atoms with Crippen molar-refractivity contribution in [1.29, 1.82) is 0 Å². The maximum atomic E-state index is 5.32. The molecule has 6 heteroatoms. The van der Waals surface area contributed by atoms with E-state index in [-0.39, 0.29) is 6.04 Å². The Hall–Kier alpha value is -2.96. The van der Waals surface area contributed by atoms with Gasteiger partial charge in [0.05, 0.1) is 29.4 Å². The van der Waals surface area contributed by atoms with Gasteiger partial charge in [-0.15, -0.1) is 22.7 Å². The molecule has 4 aromatic rings. The highest BCUT2D eigenvalue weighted by molar-refractivity contribution is 7.14. The molecule has 5 rings (SSSR count). The van der Waals surface area contributed by atoms with Gasteiger partial charge in [-0.3, -0.25) is 0 Å². The Morgan fingerprint density at radius 2 is 1.79 bits per heavy atom. The molecule has 0 bridgehead atoms. The molecule has 0 N–H and O–H groups in total. The zero-order valence-corrected chi connectivity index (χ0v) is 17.5. The Morgan fingerprint density at radius 3 is 2.52 bits per heavy atom. The van der Waals surface area contributed by atoms with Crippen LogP contribution in [-0.4, -0.2) is 17.8 Å². The normalized spacial score (nSPS) is 16.1. The first-order valence-electron chi connectivity index (χ1n) is 9.37. The number of thiazole rings is 1. The van der Waals surface area contributed by atoms with Crippen LogP contribution in [0.1, 0.15) is 22.9 Å². The zero-order valence-electron chi connectivity index (χ0n) is 15.9. The van der Waals surface area contributed by atoms with E-state index in [9.17, 15) is 0 Å². The predicted molar refractivity (Wildman–Crippen MR) is 121 cm³/mol. The minimum Gasteiger partial charge on any atom is -0.497 e. The molecule has 29 heavy (non-hydrogen) atoms. The predicted octanol–water partition coefficient (Wildman–Crippen LogP) is 6.24. The number of methoxy groups -OCH3 is 1. The summed E-state index contributed by atoms with van der Waals surface area (Å²) < 4.78 is 5.32. The van der Waals surface area contributed by atoms with Crippen molar-refractivity contribution >= 4 is 33.5 Å². The van der Waals surface area contributed by atoms with Crippen molar-refractivity contribution in [2.75, 3.05) is 12.1 Å². The van der Waals surface area contributed by atoms with Gasteiger partial charge in [0.25, 0.3) is 0 Å². The van der Waals surface area contributed by atoms with E-state index in [1.54, 1.807) is 29.8 Å². The molecule has 1 atom stereocenters. The highest BCUT2D eigenvalue weighted by atomic mass is 32.1. The van der Waals surface area contributed by atoms with Crippen LogP contribution in [0.3, 0.4) is 0 Å². The Balaban J connectivity index is 1.52. The van der Waals surface area contributed by atoms with Gasteiger partial charge in [-0.1, -0.05) is 48.5 Å². The lowest BCUT2D eigenvalue weighted by atomic mass is 10.0. The molecule has 0 saturated carbocycles. The average molecular weight is 418 g/mol. The van der Waals surface area contributed by atoms with Gasteiger partial charge in [-0.25, -0.2) is 9.99 Å². The highest BCUT2D eigenvalue weighted by Crippen LogP contribution is 2.40. The SMILES string of the molecule is COc1ccc([C@@H]2CC(c3cccs3)=NN2c2nc(-c3ccccc3)cs2)cc1. The molecule has 4 nitrogen and oxygen atoms in total. The molecule has 0 spiro atoms. The van der Waals surface area contributed by atoms with E-state index < -0.39 is 0 Å². The van der Waals surface area contributed by atoms with Crippen molar-refractivity contribution in [3.8, 4) is 17.0 Å². The lowest BCUT2D eigenvalue weighted by molar-refractivity contribution is 0.414. The van der Waals surface area contributed by atoms with E-state index in [0.29, 0.717) is 0 Å². The highest BCUT2D eigenvalue weighted by Gasteiger charge is 2.32. The number of hydrogen-bond acceptors (Lipinski definition) is 6. The minimum absolute atomic E-state index is 0.118. The number of thiophene rings is 1. The number of hydrazone groups is 1. The number of benzene rings is 2. The largest absolute Gasteiger partial charge is 0.497 e. The molecule has 144 valence electrons. The number of nitrogens with zero attached hydrogens (tertiary/aromatic N) is 3. The van der Waals surface area contributed by atoms with Gasteiger partial charge in [-0.05, 0) is 29.1 Å². The molecule has 0 fully saturated rings. The van der Waals surface area contributed by atoms with E-state index in [0.717, 1.165) is 34.3 Å². The molecule has 0 radical (unpaired) electrons. The summed E-state index contributed by atoms with van der Waals surface area (Å²) in [5.74, 6) is 0.860. The quantitative estimate of drug-likeness (QED) is 0.386. The molecule has 1 aliphatic rings. The van der Waals surface area contributed by atoms with Gasteiger partial charge < -0.3 is 4.74 Å². The van der Waals surface area contributed by atoms with Gasteiger partial charge in [0.15, 0.2) is 0 Å². The second-order valence-electron chi connectivity index (χ2n) is 6.74. The summed E-state index contributed by atoms with van der Waals surface area (Å²) in [5, 5.41) is 12.2. The van der Waals surface area contributed by atoms with E-state index in [4.69, 9.17) is 14.8 Å². The molecule has 2 aromatic heterocycles. The monoisotopic (exact) mass is 417 g/mol. The zero-order chi connectivity index (χ0) is 19.6. The van der Waals surface area contributed by atoms with Crippen LogP contribution in [-0.2, 0) is 0 Å². The smallest absolute Gasteiger partial charge is 0.207 e. The third kappa shape index (κ3) is 3.57. The van der Waals surface area contributed by atoms with Crippen LogP contribution in [0.15, 0.2) is 82.6 Å². The topological polar surface area (TPSA) is 37.7 Å². The molecule has 0 unspecified atom stereocenters. The number of rotatable bonds is 5. The lowest BCUT2D eigenvalue weighted by Crippen LogP contribution is -2.18. The van der Waals surface area contributed by atoms with Gasteiger partial charge >= 0.3 is 0 Å². The summed E-state index contributed by atoms with van der Waals surface area (Å²) in [7, 11) is 1.69. The summed E-state index contributed by atoms with van der Waals surface area (Å²) >= 11 is 3.36. The van der Waals surface area contributed by atoms with Crippen molar-refractivity contribution in [1.82, 2.24) is 4.98 Å². The lowest BCUT2D eigenvalue weighted by Gasteiger charge is -2.21. The van der Waals surface area contributed by atoms with E-state index in [1.165, 1.54) is 10.4 Å². The molecule has 3 heterocycles. The fraction of sp³-hybridized carbons (Fsp3) is 0.130. The van der Waals surface area contributed by atoms with Crippen molar-refractivity contribution in [2.45, 2.75) is 12.5 Å². The van der Waals surface area contributed by atoms with Gasteiger partial charge in [0.1, 0.15) is 5.75 Å². The first-order valence-corrected chi connectivity index (χ1v) is 11.1. The maximum absolute atomic E-state index is 5.32. The number of hydrogen-bond donors (Lipinski definition) is 0.